The van der Waals surface area contributed by atoms with E-state index in [9.17, 15) is 5.11 Å². The second-order valence-corrected chi connectivity index (χ2v) is 4.60. The third-order valence-electron chi connectivity index (χ3n) is 3.13. The van der Waals surface area contributed by atoms with Gasteiger partial charge in [0.25, 0.3) is 0 Å². The molecule has 0 heterocycles. The second-order valence-electron chi connectivity index (χ2n) is 4.60. The number of nitrogens with zero attached hydrogens (tertiary/aromatic N) is 1. The zero-order chi connectivity index (χ0) is 15.2. The van der Waals surface area contributed by atoms with Gasteiger partial charge in [-0.2, -0.15) is 5.26 Å². The maximum Gasteiger partial charge on any atom is 0.132 e. The van der Waals surface area contributed by atoms with Crippen LogP contribution >= 0.6 is 0 Å². The summed E-state index contributed by atoms with van der Waals surface area (Å²) >= 11 is 0. The van der Waals surface area contributed by atoms with Gasteiger partial charge in [-0.3, -0.25) is 0 Å². The van der Waals surface area contributed by atoms with Crippen LogP contribution in [-0.4, -0.2) is 12.2 Å². The summed E-state index contributed by atoms with van der Waals surface area (Å²) in [6, 6.07) is 14.3. The summed E-state index contributed by atoms with van der Waals surface area (Å²) in [7, 11) is 1.54. The number of methoxy groups -OCH3 is 1. The minimum Gasteiger partial charge on any atom is -0.497 e. The molecule has 1 atom stereocenters. The molecule has 0 radical (unpaired) electrons. The molecule has 2 rings (SSSR count). The first kappa shape index (κ1) is 14.9. The molecule has 0 unspecified atom stereocenters. The fourth-order valence-electron chi connectivity index (χ4n) is 1.94. The third-order valence-corrected chi connectivity index (χ3v) is 3.13. The van der Waals surface area contributed by atoms with Gasteiger partial charge in [-0.05, 0) is 36.2 Å². The van der Waals surface area contributed by atoms with E-state index in [1.54, 1.807) is 37.4 Å². The molecule has 0 saturated carbocycles. The summed E-state index contributed by atoms with van der Waals surface area (Å²) < 4.78 is 10.9. The predicted octanol–water partition coefficient (Wildman–Crippen LogP) is 3.80. The molecule has 0 saturated heterocycles. The topological polar surface area (TPSA) is 62.5 Å². The molecule has 0 aliphatic carbocycles. The van der Waals surface area contributed by atoms with E-state index in [1.165, 1.54) is 0 Å². The first-order valence-corrected chi connectivity index (χ1v) is 6.71. The molecule has 0 fully saturated rings. The highest BCUT2D eigenvalue weighted by atomic mass is 16.5. The van der Waals surface area contributed by atoms with Crippen molar-refractivity contribution in [2.45, 2.75) is 19.4 Å². The van der Waals surface area contributed by atoms with Crippen molar-refractivity contribution in [1.82, 2.24) is 0 Å². The van der Waals surface area contributed by atoms with E-state index >= 15 is 0 Å². The minimum atomic E-state index is -0.457. The van der Waals surface area contributed by atoms with Gasteiger partial charge in [0.15, 0.2) is 0 Å². The van der Waals surface area contributed by atoms with Crippen LogP contribution in [0.1, 0.15) is 30.6 Å². The fourth-order valence-corrected chi connectivity index (χ4v) is 1.94. The monoisotopic (exact) mass is 283 g/mol. The van der Waals surface area contributed by atoms with E-state index in [-0.39, 0.29) is 0 Å². The van der Waals surface area contributed by atoms with Crippen LogP contribution in [0.4, 0.5) is 0 Å². The van der Waals surface area contributed by atoms with E-state index < -0.39 is 6.10 Å². The quantitative estimate of drug-likeness (QED) is 0.906. The SMILES string of the molecule is CC[C@@H](O)c1ccc(Oc2cc(C#N)cc(OC)c2)cc1. The summed E-state index contributed by atoms with van der Waals surface area (Å²) in [5.74, 6) is 1.75. The maximum atomic E-state index is 9.75. The van der Waals surface area contributed by atoms with Gasteiger partial charge < -0.3 is 14.6 Å². The molecule has 0 aromatic heterocycles. The molecule has 2 aromatic carbocycles. The second kappa shape index (κ2) is 6.78. The third kappa shape index (κ3) is 3.74. The molecule has 0 bridgehead atoms. The Bertz CT molecular complexity index is 644. The summed E-state index contributed by atoms with van der Waals surface area (Å²) in [6.07, 6.45) is 0.211. The molecule has 4 heteroatoms. The van der Waals surface area contributed by atoms with Crippen LogP contribution in [0.5, 0.6) is 17.2 Å². The van der Waals surface area contributed by atoms with Crippen LogP contribution in [0.3, 0.4) is 0 Å². The molecule has 2 aromatic rings. The zero-order valence-electron chi connectivity index (χ0n) is 12.0. The van der Waals surface area contributed by atoms with Crippen LogP contribution in [0.2, 0.25) is 0 Å². The molecule has 0 aliphatic rings. The molecule has 108 valence electrons. The average molecular weight is 283 g/mol. The van der Waals surface area contributed by atoms with Crippen LogP contribution < -0.4 is 9.47 Å². The van der Waals surface area contributed by atoms with Crippen molar-refractivity contribution in [3.63, 3.8) is 0 Å². The summed E-state index contributed by atoms with van der Waals surface area (Å²) in [5.41, 5.74) is 1.33. The van der Waals surface area contributed by atoms with E-state index in [0.717, 1.165) is 5.56 Å². The fraction of sp³-hybridized carbons (Fsp3) is 0.235. The highest BCUT2D eigenvalue weighted by Gasteiger charge is 2.06. The van der Waals surface area contributed by atoms with Gasteiger partial charge in [0.1, 0.15) is 17.2 Å². The number of aliphatic hydroxyl groups is 1. The Morgan fingerprint density at radius 1 is 1.10 bits per heavy atom. The normalized spacial score (nSPS) is 11.5. The number of benzene rings is 2. The van der Waals surface area contributed by atoms with E-state index in [2.05, 4.69) is 6.07 Å². The number of hydrogen-bond donors (Lipinski definition) is 1. The van der Waals surface area contributed by atoms with Crippen molar-refractivity contribution in [3.8, 4) is 23.3 Å². The number of aliphatic hydroxyl groups excluding tert-OH is 1. The average Bonchev–Trinajstić information content (AvgIpc) is 2.54. The van der Waals surface area contributed by atoms with Gasteiger partial charge in [0, 0.05) is 6.07 Å². The van der Waals surface area contributed by atoms with Crippen molar-refractivity contribution in [3.05, 3.63) is 53.6 Å². The van der Waals surface area contributed by atoms with Crippen molar-refractivity contribution < 1.29 is 14.6 Å². The lowest BCUT2D eigenvalue weighted by Gasteiger charge is -2.11. The van der Waals surface area contributed by atoms with E-state index in [0.29, 0.717) is 29.2 Å². The molecule has 0 amide bonds. The maximum absolute atomic E-state index is 9.75. The molecule has 0 aliphatic heterocycles. The standard InChI is InChI=1S/C17H17NO3/c1-3-17(19)13-4-6-14(7-5-13)21-16-9-12(11-18)8-15(10-16)20-2/h4-10,17,19H,3H2,1-2H3/t17-/m1/s1. The van der Waals surface area contributed by atoms with E-state index in [1.807, 2.05) is 19.1 Å². The van der Waals surface area contributed by atoms with Crippen LogP contribution in [0.15, 0.2) is 42.5 Å². The molecule has 0 spiro atoms. The number of nitriles is 1. The first-order chi connectivity index (χ1) is 10.2. The van der Waals surface area contributed by atoms with Gasteiger partial charge in [0.2, 0.25) is 0 Å². The van der Waals surface area contributed by atoms with E-state index in [4.69, 9.17) is 14.7 Å². The van der Waals surface area contributed by atoms with Gasteiger partial charge in [-0.1, -0.05) is 19.1 Å². The van der Waals surface area contributed by atoms with Crippen molar-refractivity contribution in [1.29, 1.82) is 5.26 Å². The van der Waals surface area contributed by atoms with Crippen molar-refractivity contribution >= 4 is 0 Å². The molecule has 4 nitrogen and oxygen atoms in total. The number of ether oxygens (including phenoxy) is 2. The van der Waals surface area contributed by atoms with Crippen LogP contribution in [0, 0.1) is 11.3 Å². The predicted molar refractivity (Wildman–Crippen MR) is 79.5 cm³/mol. The van der Waals surface area contributed by atoms with Gasteiger partial charge >= 0.3 is 0 Å². The van der Waals surface area contributed by atoms with Crippen molar-refractivity contribution in [2.24, 2.45) is 0 Å². The van der Waals surface area contributed by atoms with Gasteiger partial charge in [-0.15, -0.1) is 0 Å². The van der Waals surface area contributed by atoms with Crippen molar-refractivity contribution in [2.75, 3.05) is 7.11 Å². The molecule has 21 heavy (non-hydrogen) atoms. The Kier molecular flexibility index (Phi) is 4.81. The minimum absolute atomic E-state index is 0.457. The number of rotatable bonds is 5. The molecular weight excluding hydrogens is 266 g/mol. The highest BCUT2D eigenvalue weighted by Crippen LogP contribution is 2.28. The first-order valence-electron chi connectivity index (χ1n) is 6.71. The van der Waals surface area contributed by atoms with Crippen LogP contribution in [0.25, 0.3) is 0 Å². The molecular formula is C17H17NO3. The Labute approximate surface area is 124 Å². The Hall–Kier alpha value is -2.51. The van der Waals surface area contributed by atoms with Gasteiger partial charge in [-0.25, -0.2) is 0 Å². The lowest BCUT2D eigenvalue weighted by atomic mass is 10.1. The zero-order valence-corrected chi connectivity index (χ0v) is 12.0. The summed E-state index contributed by atoms with van der Waals surface area (Å²) in [6.45, 7) is 1.93. The highest BCUT2D eigenvalue weighted by molar-refractivity contribution is 5.45. The summed E-state index contributed by atoms with van der Waals surface area (Å²) in [5, 5.41) is 18.7. The Balaban J connectivity index is 2.20. The molecule has 1 N–H and O–H groups in total. The lowest BCUT2D eigenvalue weighted by molar-refractivity contribution is 0.173. The van der Waals surface area contributed by atoms with Gasteiger partial charge in [0.05, 0.1) is 24.8 Å². The lowest BCUT2D eigenvalue weighted by Crippen LogP contribution is -1.94. The Morgan fingerprint density at radius 2 is 1.76 bits per heavy atom. The summed E-state index contributed by atoms with van der Waals surface area (Å²) in [4.78, 5) is 0. The number of hydrogen-bond acceptors (Lipinski definition) is 4. The van der Waals surface area contributed by atoms with Crippen LogP contribution in [-0.2, 0) is 0 Å². The largest absolute Gasteiger partial charge is 0.497 e. The Morgan fingerprint density at radius 3 is 2.33 bits per heavy atom. The smallest absolute Gasteiger partial charge is 0.132 e.